The first kappa shape index (κ1) is 25.1. The predicted molar refractivity (Wildman–Crippen MR) is 122 cm³/mol. The van der Waals surface area contributed by atoms with Crippen LogP contribution >= 0.6 is 0 Å². The molecule has 0 amide bonds. The van der Waals surface area contributed by atoms with Gasteiger partial charge in [0, 0.05) is 37.1 Å². The Morgan fingerprint density at radius 1 is 0.857 bits per heavy atom. The molecule has 28 heavy (non-hydrogen) atoms. The number of aryl methyl sites for hydroxylation is 1. The molecule has 1 aromatic rings. The molecule has 5 heteroatoms. The van der Waals surface area contributed by atoms with Crippen molar-refractivity contribution < 1.29 is 0 Å². The van der Waals surface area contributed by atoms with Gasteiger partial charge in [0.1, 0.15) is 0 Å². The maximum atomic E-state index is 4.15. The lowest BCUT2D eigenvalue weighted by Crippen LogP contribution is -2.39. The van der Waals surface area contributed by atoms with Gasteiger partial charge in [-0.1, -0.05) is 6.92 Å². The highest BCUT2D eigenvalue weighted by molar-refractivity contribution is 4.74. The van der Waals surface area contributed by atoms with Crippen LogP contribution in [0.4, 0.5) is 0 Å². The zero-order valence-corrected chi connectivity index (χ0v) is 19.8. The van der Waals surface area contributed by atoms with Gasteiger partial charge in [0.05, 0.1) is 6.33 Å². The Hall–Kier alpha value is -0.910. The molecule has 0 aliphatic rings. The van der Waals surface area contributed by atoms with Gasteiger partial charge in [-0.25, -0.2) is 4.98 Å². The summed E-state index contributed by atoms with van der Waals surface area (Å²) in [6.07, 6.45) is 10.8. The number of hydrogen-bond acceptors (Lipinski definition) is 4. The van der Waals surface area contributed by atoms with E-state index in [9.17, 15) is 0 Å². The first-order valence-electron chi connectivity index (χ1n) is 11.5. The summed E-state index contributed by atoms with van der Waals surface area (Å²) in [6.45, 7) is 20.9. The van der Waals surface area contributed by atoms with Crippen molar-refractivity contribution in [1.29, 1.82) is 0 Å². The molecular formula is C23H47N5. The molecule has 0 spiro atoms. The van der Waals surface area contributed by atoms with Crippen LogP contribution in [0.1, 0.15) is 67.2 Å². The second-order valence-electron chi connectivity index (χ2n) is 8.87. The van der Waals surface area contributed by atoms with Crippen molar-refractivity contribution in [2.75, 3.05) is 39.8 Å². The lowest BCUT2D eigenvalue weighted by molar-refractivity contribution is 0.156. The van der Waals surface area contributed by atoms with Crippen LogP contribution in [-0.2, 0) is 6.54 Å². The molecule has 0 bridgehead atoms. The van der Waals surface area contributed by atoms with Gasteiger partial charge in [0.2, 0.25) is 0 Å². The maximum absolute atomic E-state index is 4.15. The van der Waals surface area contributed by atoms with E-state index >= 15 is 0 Å². The minimum absolute atomic E-state index is 0.624. The number of hydrogen-bond donors (Lipinski definition) is 0. The van der Waals surface area contributed by atoms with E-state index < -0.39 is 0 Å². The topological polar surface area (TPSA) is 27.5 Å². The Morgan fingerprint density at radius 3 is 2.00 bits per heavy atom. The maximum Gasteiger partial charge on any atom is 0.0945 e. The summed E-state index contributed by atoms with van der Waals surface area (Å²) in [5.41, 5.74) is 0. The van der Waals surface area contributed by atoms with Gasteiger partial charge in [-0.15, -0.1) is 0 Å². The quantitative estimate of drug-likeness (QED) is 0.421. The highest BCUT2D eigenvalue weighted by Crippen LogP contribution is 2.08. The summed E-state index contributed by atoms with van der Waals surface area (Å²) in [5, 5.41) is 0. The Balaban J connectivity index is 2.44. The van der Waals surface area contributed by atoms with Gasteiger partial charge in [0.25, 0.3) is 0 Å². The fourth-order valence-corrected chi connectivity index (χ4v) is 3.90. The van der Waals surface area contributed by atoms with Crippen LogP contribution in [0.3, 0.4) is 0 Å². The minimum atomic E-state index is 0.624. The third kappa shape index (κ3) is 10.0. The number of nitrogens with zero attached hydrogens (tertiary/aromatic N) is 5. The van der Waals surface area contributed by atoms with Crippen molar-refractivity contribution in [3.8, 4) is 0 Å². The minimum Gasteiger partial charge on any atom is -0.337 e. The monoisotopic (exact) mass is 393 g/mol. The van der Waals surface area contributed by atoms with E-state index in [1.165, 1.54) is 58.4 Å². The lowest BCUT2D eigenvalue weighted by atomic mass is 10.2. The van der Waals surface area contributed by atoms with E-state index in [0.29, 0.717) is 18.1 Å². The van der Waals surface area contributed by atoms with Crippen LogP contribution < -0.4 is 0 Å². The molecule has 0 saturated heterocycles. The zero-order valence-electron chi connectivity index (χ0n) is 19.8. The molecule has 0 fully saturated rings. The first-order chi connectivity index (χ1) is 13.3. The standard InChI is InChI=1S/C23H47N5/c1-8-23(6)25(7)13-9-14-26(15-10-17-27-19-12-24-20-27)16-11-18-28(21(2)3)22(4)5/h12,19-23H,8-11,13-18H2,1-7H3. The number of imidazole rings is 1. The molecule has 5 nitrogen and oxygen atoms in total. The first-order valence-corrected chi connectivity index (χ1v) is 11.5. The van der Waals surface area contributed by atoms with E-state index in [-0.39, 0.29) is 0 Å². The van der Waals surface area contributed by atoms with Gasteiger partial charge in [-0.3, -0.25) is 4.90 Å². The summed E-state index contributed by atoms with van der Waals surface area (Å²) >= 11 is 0. The zero-order chi connectivity index (χ0) is 20.9. The van der Waals surface area contributed by atoms with Gasteiger partial charge in [-0.05, 0) is 100 Å². The van der Waals surface area contributed by atoms with E-state index in [4.69, 9.17) is 0 Å². The highest BCUT2D eigenvalue weighted by Gasteiger charge is 2.14. The number of aromatic nitrogens is 2. The Bertz CT molecular complexity index is 463. The second-order valence-corrected chi connectivity index (χ2v) is 8.87. The second kappa shape index (κ2) is 14.1. The van der Waals surface area contributed by atoms with Crippen molar-refractivity contribution in [3.05, 3.63) is 18.7 Å². The third-order valence-electron chi connectivity index (χ3n) is 6.00. The summed E-state index contributed by atoms with van der Waals surface area (Å²) in [6, 6.07) is 1.93. The molecular weight excluding hydrogens is 346 g/mol. The summed E-state index contributed by atoms with van der Waals surface area (Å²) in [4.78, 5) is 11.9. The molecule has 1 rings (SSSR count). The van der Waals surface area contributed by atoms with Crippen LogP contribution in [0.15, 0.2) is 18.7 Å². The Labute approximate surface area is 175 Å². The van der Waals surface area contributed by atoms with Crippen LogP contribution in [0, 0.1) is 0 Å². The lowest BCUT2D eigenvalue weighted by Gasteiger charge is -2.32. The van der Waals surface area contributed by atoms with Gasteiger partial charge in [-0.2, -0.15) is 0 Å². The van der Waals surface area contributed by atoms with Crippen molar-refractivity contribution >= 4 is 0 Å². The molecule has 0 saturated carbocycles. The number of rotatable bonds is 16. The van der Waals surface area contributed by atoms with E-state index in [1.807, 2.05) is 12.5 Å². The molecule has 0 aliphatic heterocycles. The van der Waals surface area contributed by atoms with Crippen LogP contribution in [0.2, 0.25) is 0 Å². The van der Waals surface area contributed by atoms with Crippen LogP contribution in [0.25, 0.3) is 0 Å². The molecule has 164 valence electrons. The largest absolute Gasteiger partial charge is 0.337 e. The van der Waals surface area contributed by atoms with Gasteiger partial charge in [0.15, 0.2) is 0 Å². The molecule has 1 atom stereocenters. The van der Waals surface area contributed by atoms with Crippen LogP contribution in [-0.4, -0.2) is 82.1 Å². The fraction of sp³-hybridized carbons (Fsp3) is 0.870. The SMILES string of the molecule is CCC(C)N(C)CCCN(CCCN(C(C)C)C(C)C)CCCn1ccnc1. The summed E-state index contributed by atoms with van der Waals surface area (Å²) in [7, 11) is 2.26. The van der Waals surface area contributed by atoms with E-state index in [2.05, 4.69) is 79.0 Å². The Kier molecular flexibility index (Phi) is 12.7. The molecule has 0 N–H and O–H groups in total. The average molecular weight is 394 g/mol. The van der Waals surface area contributed by atoms with Gasteiger partial charge >= 0.3 is 0 Å². The van der Waals surface area contributed by atoms with Crippen molar-refractivity contribution in [2.45, 2.75) is 91.9 Å². The molecule has 1 aromatic heterocycles. The smallest absolute Gasteiger partial charge is 0.0945 e. The summed E-state index contributed by atoms with van der Waals surface area (Å²) in [5.74, 6) is 0. The molecule has 0 radical (unpaired) electrons. The molecule has 1 unspecified atom stereocenters. The van der Waals surface area contributed by atoms with Crippen molar-refractivity contribution in [3.63, 3.8) is 0 Å². The normalized spacial score (nSPS) is 13.6. The van der Waals surface area contributed by atoms with Crippen LogP contribution in [0.5, 0.6) is 0 Å². The predicted octanol–water partition coefficient (Wildman–Crippen LogP) is 4.20. The van der Waals surface area contributed by atoms with Crippen molar-refractivity contribution in [1.82, 2.24) is 24.3 Å². The molecule has 0 aliphatic carbocycles. The fourth-order valence-electron chi connectivity index (χ4n) is 3.90. The summed E-state index contributed by atoms with van der Waals surface area (Å²) < 4.78 is 2.19. The van der Waals surface area contributed by atoms with Crippen molar-refractivity contribution in [2.24, 2.45) is 0 Å². The molecule has 1 heterocycles. The third-order valence-corrected chi connectivity index (χ3v) is 6.00. The average Bonchev–Trinajstić information content (AvgIpc) is 3.16. The van der Waals surface area contributed by atoms with Gasteiger partial charge < -0.3 is 14.4 Å². The van der Waals surface area contributed by atoms with E-state index in [1.54, 1.807) is 0 Å². The molecule has 0 aromatic carbocycles. The highest BCUT2D eigenvalue weighted by atomic mass is 15.2. The van der Waals surface area contributed by atoms with E-state index in [0.717, 1.165) is 6.54 Å². The Morgan fingerprint density at radius 2 is 1.46 bits per heavy atom.